The number of rotatable bonds is 18. The van der Waals surface area contributed by atoms with Crippen LogP contribution in [0.4, 0.5) is 5.69 Å². The molecule has 0 fully saturated rings. The molecule has 0 atom stereocenters. The number of aromatic amines is 1. The molecule has 0 saturated heterocycles. The molecule has 1 aromatic heterocycles. The predicted octanol–water partition coefficient (Wildman–Crippen LogP) is 6.78. The van der Waals surface area contributed by atoms with Crippen LogP contribution in [-0.4, -0.2) is 56.6 Å². The Hall–Kier alpha value is -2.84. The van der Waals surface area contributed by atoms with Gasteiger partial charge in [0.15, 0.2) is 5.78 Å². The van der Waals surface area contributed by atoms with Crippen molar-refractivity contribution >= 4 is 32.4 Å². The lowest BCUT2D eigenvalue weighted by atomic mass is 9.98. The number of carbonyl (C=O) groups excluding carboxylic acids is 1. The van der Waals surface area contributed by atoms with E-state index in [-0.39, 0.29) is 5.78 Å². The number of ketones is 1. The molecule has 0 aliphatic rings. The SMILES string of the molecule is CCCCc1[nH]c2ccc(NS(C)(=O)=O)cc2c1C(=O)c1ccc(OCCCN(CCCC)CCCC)cc1. The predicted molar refractivity (Wildman–Crippen MR) is 162 cm³/mol. The monoisotopic (exact) mass is 555 g/mol. The second kappa shape index (κ2) is 15.1. The maximum atomic E-state index is 13.7. The molecule has 0 amide bonds. The van der Waals surface area contributed by atoms with Gasteiger partial charge in [-0.25, -0.2) is 8.42 Å². The maximum absolute atomic E-state index is 13.7. The van der Waals surface area contributed by atoms with Crippen molar-refractivity contribution < 1.29 is 17.9 Å². The van der Waals surface area contributed by atoms with Crippen molar-refractivity contribution in [1.82, 2.24) is 9.88 Å². The lowest BCUT2D eigenvalue weighted by Crippen LogP contribution is -2.28. The first kappa shape index (κ1) is 30.7. The molecular weight excluding hydrogens is 510 g/mol. The molecule has 0 radical (unpaired) electrons. The number of benzene rings is 2. The van der Waals surface area contributed by atoms with Gasteiger partial charge in [0.05, 0.1) is 18.4 Å². The molecule has 3 aromatic rings. The third kappa shape index (κ3) is 9.39. The number of hydrogen-bond acceptors (Lipinski definition) is 5. The third-order valence-electron chi connectivity index (χ3n) is 6.85. The van der Waals surface area contributed by atoms with Gasteiger partial charge in [0.1, 0.15) is 5.75 Å². The molecule has 2 N–H and O–H groups in total. The van der Waals surface area contributed by atoms with Crippen LogP contribution in [0.2, 0.25) is 0 Å². The van der Waals surface area contributed by atoms with Crippen molar-refractivity contribution in [3.63, 3.8) is 0 Å². The van der Waals surface area contributed by atoms with Gasteiger partial charge in [-0.05, 0) is 87.7 Å². The Kier molecular flexibility index (Phi) is 11.9. The van der Waals surface area contributed by atoms with Crippen LogP contribution in [0.5, 0.6) is 5.75 Å². The second-order valence-electron chi connectivity index (χ2n) is 10.3. The zero-order valence-corrected chi connectivity index (χ0v) is 24.8. The van der Waals surface area contributed by atoms with Crippen molar-refractivity contribution in [2.24, 2.45) is 0 Å². The minimum atomic E-state index is -3.43. The Morgan fingerprint density at radius 1 is 0.897 bits per heavy atom. The summed E-state index contributed by atoms with van der Waals surface area (Å²) in [6.45, 7) is 10.5. The van der Waals surface area contributed by atoms with Crippen LogP contribution in [0.1, 0.15) is 87.3 Å². The quantitative estimate of drug-likeness (QED) is 0.133. The zero-order chi connectivity index (χ0) is 28.3. The molecular formula is C31H45N3O4S. The van der Waals surface area contributed by atoms with Crippen LogP contribution < -0.4 is 9.46 Å². The van der Waals surface area contributed by atoms with E-state index in [0.29, 0.717) is 23.4 Å². The third-order valence-corrected chi connectivity index (χ3v) is 7.45. The first-order chi connectivity index (χ1) is 18.8. The summed E-state index contributed by atoms with van der Waals surface area (Å²) in [6.07, 6.45) is 9.66. The van der Waals surface area contributed by atoms with E-state index >= 15 is 0 Å². The Bertz CT molecular complexity index is 1290. The highest BCUT2D eigenvalue weighted by Crippen LogP contribution is 2.30. The summed E-state index contributed by atoms with van der Waals surface area (Å²) in [6, 6.07) is 12.6. The van der Waals surface area contributed by atoms with Gasteiger partial charge >= 0.3 is 0 Å². The number of unbranched alkanes of at least 4 members (excludes halogenated alkanes) is 3. The van der Waals surface area contributed by atoms with Crippen LogP contribution in [0.25, 0.3) is 10.9 Å². The Morgan fingerprint density at radius 3 is 2.15 bits per heavy atom. The highest BCUT2D eigenvalue weighted by Gasteiger charge is 2.20. The molecule has 3 rings (SSSR count). The summed E-state index contributed by atoms with van der Waals surface area (Å²) in [5.74, 6) is 0.669. The van der Waals surface area contributed by atoms with E-state index in [2.05, 4.69) is 35.4 Å². The van der Waals surface area contributed by atoms with Crippen LogP contribution in [-0.2, 0) is 16.4 Å². The van der Waals surface area contributed by atoms with Gasteiger partial charge < -0.3 is 14.6 Å². The Morgan fingerprint density at radius 2 is 1.54 bits per heavy atom. The normalized spacial score (nSPS) is 11.8. The van der Waals surface area contributed by atoms with Gasteiger partial charge in [-0.1, -0.05) is 40.0 Å². The van der Waals surface area contributed by atoms with E-state index in [1.807, 2.05) is 30.3 Å². The standard InChI is InChI=1S/C31H45N3O4S/c1-5-8-12-29-30(27-23-25(33-39(4,36)37)15-18-28(27)32-29)31(35)24-13-16-26(17-14-24)38-22-11-21-34(19-9-6-2)20-10-7-3/h13-18,23,32-33H,5-12,19-22H2,1-4H3. The summed E-state index contributed by atoms with van der Waals surface area (Å²) in [5, 5.41) is 0.718. The van der Waals surface area contributed by atoms with Crippen molar-refractivity contribution in [2.45, 2.75) is 72.1 Å². The average Bonchev–Trinajstić information content (AvgIpc) is 3.27. The minimum Gasteiger partial charge on any atom is -0.494 e. The maximum Gasteiger partial charge on any atom is 0.229 e. The van der Waals surface area contributed by atoms with Gasteiger partial charge in [-0.15, -0.1) is 0 Å². The number of fused-ring (bicyclic) bond motifs is 1. The average molecular weight is 556 g/mol. The van der Waals surface area contributed by atoms with E-state index in [1.165, 1.54) is 25.7 Å². The molecule has 7 nitrogen and oxygen atoms in total. The van der Waals surface area contributed by atoms with Crippen molar-refractivity contribution in [1.29, 1.82) is 0 Å². The summed E-state index contributed by atoms with van der Waals surface area (Å²) < 4.78 is 32.0. The fourth-order valence-corrected chi connectivity index (χ4v) is 5.30. The van der Waals surface area contributed by atoms with Gasteiger partial charge in [0, 0.05) is 34.4 Å². The molecule has 0 aliphatic carbocycles. The topological polar surface area (TPSA) is 91.5 Å². The molecule has 0 bridgehead atoms. The largest absolute Gasteiger partial charge is 0.494 e. The number of sulfonamides is 1. The minimum absolute atomic E-state index is 0.0853. The molecule has 0 unspecified atom stereocenters. The highest BCUT2D eigenvalue weighted by molar-refractivity contribution is 7.92. The van der Waals surface area contributed by atoms with E-state index in [1.54, 1.807) is 12.1 Å². The van der Waals surface area contributed by atoms with Crippen LogP contribution >= 0.6 is 0 Å². The first-order valence-corrected chi connectivity index (χ1v) is 16.3. The fraction of sp³-hybridized carbons (Fsp3) is 0.516. The molecule has 214 valence electrons. The summed E-state index contributed by atoms with van der Waals surface area (Å²) >= 11 is 0. The van der Waals surface area contributed by atoms with Crippen LogP contribution in [0.3, 0.4) is 0 Å². The van der Waals surface area contributed by atoms with Gasteiger partial charge in [0.2, 0.25) is 10.0 Å². The van der Waals surface area contributed by atoms with Gasteiger partial charge in [-0.2, -0.15) is 0 Å². The molecule has 2 aromatic carbocycles. The summed E-state index contributed by atoms with van der Waals surface area (Å²) in [7, 11) is -3.43. The number of nitrogens with one attached hydrogen (secondary N) is 2. The smallest absolute Gasteiger partial charge is 0.229 e. The van der Waals surface area contributed by atoms with Crippen molar-refractivity contribution in [2.75, 3.05) is 37.2 Å². The number of ether oxygens (including phenoxy) is 1. The number of nitrogens with zero attached hydrogens (tertiary/aromatic N) is 1. The van der Waals surface area contributed by atoms with Crippen LogP contribution in [0, 0.1) is 0 Å². The summed E-state index contributed by atoms with van der Waals surface area (Å²) in [4.78, 5) is 19.6. The Labute approximate surface area is 234 Å². The lowest BCUT2D eigenvalue weighted by Gasteiger charge is -2.21. The first-order valence-electron chi connectivity index (χ1n) is 14.4. The fourth-order valence-electron chi connectivity index (χ4n) is 4.75. The highest BCUT2D eigenvalue weighted by atomic mass is 32.2. The van der Waals surface area contributed by atoms with Crippen molar-refractivity contribution in [3.05, 3.63) is 59.3 Å². The lowest BCUT2D eigenvalue weighted by molar-refractivity contribution is 0.103. The number of carbonyl (C=O) groups is 1. The number of hydrogen-bond donors (Lipinski definition) is 2. The van der Waals surface area contributed by atoms with E-state index < -0.39 is 10.0 Å². The number of anilines is 1. The van der Waals surface area contributed by atoms with E-state index in [0.717, 1.165) is 73.9 Å². The molecule has 0 spiro atoms. The number of aromatic nitrogens is 1. The van der Waals surface area contributed by atoms with E-state index in [4.69, 9.17) is 4.74 Å². The van der Waals surface area contributed by atoms with E-state index in [9.17, 15) is 13.2 Å². The molecule has 0 saturated carbocycles. The number of aryl methyl sites for hydroxylation is 1. The van der Waals surface area contributed by atoms with Crippen molar-refractivity contribution in [3.8, 4) is 5.75 Å². The molecule has 1 heterocycles. The molecule has 8 heteroatoms. The van der Waals surface area contributed by atoms with Gasteiger partial charge in [-0.3, -0.25) is 9.52 Å². The zero-order valence-electron chi connectivity index (χ0n) is 24.0. The molecule has 39 heavy (non-hydrogen) atoms. The molecule has 0 aliphatic heterocycles. The van der Waals surface area contributed by atoms with Crippen LogP contribution in [0.15, 0.2) is 42.5 Å². The van der Waals surface area contributed by atoms with Gasteiger partial charge in [0.25, 0.3) is 0 Å². The Balaban J connectivity index is 1.71. The second-order valence-corrected chi connectivity index (χ2v) is 12.1. The number of H-pyrrole nitrogens is 1. The summed E-state index contributed by atoms with van der Waals surface area (Å²) in [5.41, 5.74) is 3.31.